The van der Waals surface area contributed by atoms with Crippen LogP contribution in [-0.2, 0) is 29.1 Å². The summed E-state index contributed by atoms with van der Waals surface area (Å²) in [5.41, 5.74) is 10.6. The molecule has 1 aliphatic rings. The molecule has 3 nitrogen and oxygen atoms in total. The molecule has 0 amide bonds. The number of methoxy groups -OCH3 is 3. The molecule has 0 radical (unpaired) electrons. The number of fused-ring (bicyclic) bond motifs is 6. The van der Waals surface area contributed by atoms with Crippen LogP contribution >= 0.6 is 0 Å². The summed E-state index contributed by atoms with van der Waals surface area (Å²) in [6.45, 7) is 20.4. The van der Waals surface area contributed by atoms with Crippen LogP contribution in [0.1, 0.15) is 112 Å². The van der Waals surface area contributed by atoms with Gasteiger partial charge in [-0.15, -0.1) is 0 Å². The van der Waals surface area contributed by atoms with E-state index >= 15 is 0 Å². The van der Waals surface area contributed by atoms with E-state index in [-0.39, 0.29) is 16.2 Å². The second kappa shape index (κ2) is 10.7. The van der Waals surface area contributed by atoms with Crippen LogP contribution < -0.4 is 14.2 Å². The Bertz CT molecular complexity index is 1340. The van der Waals surface area contributed by atoms with Gasteiger partial charge in [-0.2, -0.15) is 0 Å². The second-order valence-electron chi connectivity index (χ2n) is 14.3. The highest BCUT2D eigenvalue weighted by Crippen LogP contribution is 2.42. The molecule has 1 aliphatic carbocycles. The molecule has 0 spiro atoms. The van der Waals surface area contributed by atoms with E-state index in [1.54, 1.807) is 21.3 Å². The van der Waals surface area contributed by atoms with Crippen LogP contribution in [0.15, 0.2) is 36.4 Å². The van der Waals surface area contributed by atoms with Crippen molar-refractivity contribution in [1.29, 1.82) is 0 Å². The minimum atomic E-state index is -0.0176. The molecular weight excluding hydrogens is 492 g/mol. The third-order valence-corrected chi connectivity index (χ3v) is 8.05. The summed E-state index contributed by atoms with van der Waals surface area (Å²) < 4.78 is 18.5. The summed E-state index contributed by atoms with van der Waals surface area (Å²) in [5.74, 6) is 2.74. The average Bonchev–Trinajstić information content (AvgIpc) is 2.84. The molecule has 4 rings (SSSR count). The molecule has 214 valence electrons. The van der Waals surface area contributed by atoms with Crippen molar-refractivity contribution in [1.82, 2.24) is 0 Å². The molecule has 0 saturated heterocycles. The number of hydrogen-bond acceptors (Lipinski definition) is 3. The lowest BCUT2D eigenvalue weighted by atomic mass is 9.81. The van der Waals surface area contributed by atoms with Gasteiger partial charge in [0.05, 0.1) is 21.3 Å². The van der Waals surface area contributed by atoms with Gasteiger partial charge < -0.3 is 14.2 Å². The highest BCUT2D eigenvalue weighted by molar-refractivity contribution is 5.78. The summed E-state index contributed by atoms with van der Waals surface area (Å²) in [7, 11) is 5.34. The Balaban J connectivity index is 2.18. The maximum atomic E-state index is 6.21. The van der Waals surface area contributed by atoms with Crippen LogP contribution in [0, 0.1) is 0 Å². The van der Waals surface area contributed by atoms with Crippen LogP contribution in [0.25, 0.3) is 12.2 Å². The minimum Gasteiger partial charge on any atom is -0.496 e. The number of benzene rings is 3. The van der Waals surface area contributed by atoms with Crippen molar-refractivity contribution in [2.75, 3.05) is 21.3 Å². The third kappa shape index (κ3) is 5.94. The standard InChI is InChI=1S/C37H48O3/c1-35(2,3)29-17-23-13-14-24-18-30(36(4,5)6)20-26(33(24)39-11)16-28-22-31(37(7,8)9)21-27(34(28)40-12)15-25(19-29)32(23)38-10/h13-14,17-22H,15-16H2,1-12H3/b14-13-. The van der Waals surface area contributed by atoms with E-state index in [9.17, 15) is 0 Å². The largest absolute Gasteiger partial charge is 0.496 e. The Morgan fingerprint density at radius 1 is 0.425 bits per heavy atom. The van der Waals surface area contributed by atoms with Crippen LogP contribution in [0.5, 0.6) is 17.2 Å². The normalized spacial score (nSPS) is 14.5. The quantitative estimate of drug-likeness (QED) is 0.259. The van der Waals surface area contributed by atoms with E-state index in [1.165, 1.54) is 27.8 Å². The molecule has 0 atom stereocenters. The smallest absolute Gasteiger partial charge is 0.129 e. The molecule has 3 aromatic rings. The van der Waals surface area contributed by atoms with Crippen molar-refractivity contribution < 1.29 is 14.2 Å². The summed E-state index contributed by atoms with van der Waals surface area (Å²) in [6.07, 6.45) is 5.82. The van der Waals surface area contributed by atoms with Crippen molar-refractivity contribution in [2.24, 2.45) is 0 Å². The molecule has 3 aromatic carbocycles. The van der Waals surface area contributed by atoms with Crippen LogP contribution in [-0.4, -0.2) is 21.3 Å². The Labute approximate surface area is 242 Å². The van der Waals surface area contributed by atoms with E-state index in [4.69, 9.17) is 14.2 Å². The molecule has 0 saturated carbocycles. The van der Waals surface area contributed by atoms with E-state index < -0.39 is 0 Å². The lowest BCUT2D eigenvalue weighted by Gasteiger charge is -2.26. The fourth-order valence-electron chi connectivity index (χ4n) is 5.60. The molecule has 0 fully saturated rings. The van der Waals surface area contributed by atoms with Gasteiger partial charge in [0.2, 0.25) is 0 Å². The van der Waals surface area contributed by atoms with Crippen molar-refractivity contribution >= 4 is 12.2 Å². The summed E-state index contributed by atoms with van der Waals surface area (Å²) in [5, 5.41) is 0. The van der Waals surface area contributed by atoms with Gasteiger partial charge in [0.25, 0.3) is 0 Å². The van der Waals surface area contributed by atoms with E-state index in [0.717, 1.165) is 52.3 Å². The molecule has 6 bridgehead atoms. The van der Waals surface area contributed by atoms with Gasteiger partial charge in [-0.1, -0.05) is 98.7 Å². The predicted molar refractivity (Wildman–Crippen MR) is 170 cm³/mol. The van der Waals surface area contributed by atoms with Crippen molar-refractivity contribution in [3.05, 3.63) is 86.5 Å². The molecule has 0 N–H and O–H groups in total. The van der Waals surface area contributed by atoms with Gasteiger partial charge in [-0.05, 0) is 67.3 Å². The maximum absolute atomic E-state index is 6.21. The zero-order valence-corrected chi connectivity index (χ0v) is 26.8. The minimum absolute atomic E-state index is 0.0168. The van der Waals surface area contributed by atoms with Gasteiger partial charge in [-0.3, -0.25) is 0 Å². The van der Waals surface area contributed by atoms with Gasteiger partial charge in [0.1, 0.15) is 17.2 Å². The fourth-order valence-corrected chi connectivity index (χ4v) is 5.60. The zero-order chi connectivity index (χ0) is 29.6. The maximum Gasteiger partial charge on any atom is 0.129 e. The molecule has 3 heteroatoms. The molecule has 0 aliphatic heterocycles. The van der Waals surface area contributed by atoms with Gasteiger partial charge >= 0.3 is 0 Å². The first kappa shape index (κ1) is 29.8. The predicted octanol–water partition coefficient (Wildman–Crippen LogP) is 9.27. The van der Waals surface area contributed by atoms with E-state index in [1.807, 2.05) is 0 Å². The first-order valence-electron chi connectivity index (χ1n) is 14.4. The first-order chi connectivity index (χ1) is 18.6. The molecule has 40 heavy (non-hydrogen) atoms. The summed E-state index contributed by atoms with van der Waals surface area (Å²) >= 11 is 0. The Morgan fingerprint density at radius 2 is 0.700 bits per heavy atom. The molecule has 0 heterocycles. The Hall–Kier alpha value is -3.20. The first-order valence-corrected chi connectivity index (χ1v) is 14.4. The summed E-state index contributed by atoms with van der Waals surface area (Å²) in [6, 6.07) is 13.8. The van der Waals surface area contributed by atoms with Crippen LogP contribution in [0.2, 0.25) is 0 Å². The lowest BCUT2D eigenvalue weighted by molar-refractivity contribution is 0.399. The highest BCUT2D eigenvalue weighted by atomic mass is 16.5. The number of ether oxygens (including phenoxy) is 3. The van der Waals surface area contributed by atoms with Crippen LogP contribution in [0.3, 0.4) is 0 Å². The molecular formula is C37H48O3. The monoisotopic (exact) mass is 540 g/mol. The zero-order valence-electron chi connectivity index (χ0n) is 26.8. The highest BCUT2D eigenvalue weighted by Gasteiger charge is 2.26. The van der Waals surface area contributed by atoms with Crippen molar-refractivity contribution in [3.63, 3.8) is 0 Å². The SMILES string of the molecule is COc1c2cc(C(C)(C)C)cc1Cc1cc(C(C)(C)C)cc(c1OC)Cc1cc(C(C)(C)C)cc(c1OC)/C=C\2. The van der Waals surface area contributed by atoms with Crippen LogP contribution in [0.4, 0.5) is 0 Å². The topological polar surface area (TPSA) is 27.7 Å². The number of hydrogen-bond donors (Lipinski definition) is 0. The Kier molecular flexibility index (Phi) is 7.93. The average molecular weight is 541 g/mol. The third-order valence-electron chi connectivity index (χ3n) is 8.05. The lowest BCUT2D eigenvalue weighted by Crippen LogP contribution is -2.15. The van der Waals surface area contributed by atoms with Gasteiger partial charge in [-0.25, -0.2) is 0 Å². The van der Waals surface area contributed by atoms with Gasteiger partial charge in [0.15, 0.2) is 0 Å². The Morgan fingerprint density at radius 3 is 0.975 bits per heavy atom. The number of rotatable bonds is 3. The molecule has 0 aromatic heterocycles. The second-order valence-corrected chi connectivity index (χ2v) is 14.3. The fraction of sp³-hybridized carbons (Fsp3) is 0.459. The summed E-state index contributed by atoms with van der Waals surface area (Å²) in [4.78, 5) is 0. The van der Waals surface area contributed by atoms with E-state index in [2.05, 4.69) is 111 Å². The van der Waals surface area contributed by atoms with Crippen molar-refractivity contribution in [3.8, 4) is 17.2 Å². The molecule has 0 unspecified atom stereocenters. The van der Waals surface area contributed by atoms with Crippen molar-refractivity contribution in [2.45, 2.75) is 91.4 Å². The van der Waals surface area contributed by atoms with E-state index in [0.29, 0.717) is 0 Å². The van der Waals surface area contributed by atoms with Gasteiger partial charge in [0, 0.05) is 24.0 Å².